The lowest BCUT2D eigenvalue weighted by Crippen LogP contribution is -2.35. The van der Waals surface area contributed by atoms with Crippen LogP contribution in [0.5, 0.6) is 0 Å². The van der Waals surface area contributed by atoms with Gasteiger partial charge in [-0.25, -0.2) is 0 Å². The molecule has 0 aliphatic heterocycles. The Morgan fingerprint density at radius 3 is 3.31 bits per heavy atom. The lowest BCUT2D eigenvalue weighted by atomic mass is 9.87. The molecule has 2 atom stereocenters. The predicted octanol–water partition coefficient (Wildman–Crippen LogP) is 1.67. The normalized spacial score (nSPS) is 21.2. The molecule has 0 spiro atoms. The molecule has 0 radical (unpaired) electrons. The molecule has 1 aliphatic rings. The number of aliphatic hydroxyl groups is 1. The predicted molar refractivity (Wildman–Crippen MR) is 64.7 cm³/mol. The molecule has 4 heteroatoms. The first kappa shape index (κ1) is 11.6. The summed E-state index contributed by atoms with van der Waals surface area (Å²) >= 11 is 1.74. The molecule has 1 aliphatic carbocycles. The number of thiophene rings is 1. The van der Waals surface area contributed by atoms with Gasteiger partial charge in [-0.05, 0) is 43.2 Å². The fraction of sp³-hybridized carbons (Fsp3) is 0.583. The van der Waals surface area contributed by atoms with E-state index in [9.17, 15) is 4.79 Å². The number of hydrogen-bond donors (Lipinski definition) is 2. The summed E-state index contributed by atoms with van der Waals surface area (Å²) in [7, 11) is 0. The molecular weight excluding hydrogens is 222 g/mol. The van der Waals surface area contributed by atoms with Gasteiger partial charge in [-0.3, -0.25) is 4.79 Å². The lowest BCUT2D eigenvalue weighted by molar-refractivity contribution is -0.123. The third-order valence-electron chi connectivity index (χ3n) is 2.94. The molecule has 2 rings (SSSR count). The Labute approximate surface area is 99.5 Å². The molecule has 0 fully saturated rings. The number of hydrogen-bond acceptors (Lipinski definition) is 3. The third kappa shape index (κ3) is 2.44. The second-order valence-corrected chi connectivity index (χ2v) is 5.34. The van der Waals surface area contributed by atoms with Crippen molar-refractivity contribution in [2.75, 3.05) is 6.54 Å². The molecule has 88 valence electrons. The molecule has 0 aromatic carbocycles. The highest BCUT2D eigenvalue weighted by Crippen LogP contribution is 2.34. The van der Waals surface area contributed by atoms with Crippen LogP contribution in [0, 0.1) is 0 Å². The molecule has 1 amide bonds. The van der Waals surface area contributed by atoms with E-state index >= 15 is 0 Å². The van der Waals surface area contributed by atoms with Crippen LogP contribution in [-0.4, -0.2) is 23.7 Å². The maximum atomic E-state index is 11.9. The van der Waals surface area contributed by atoms with Gasteiger partial charge < -0.3 is 10.4 Å². The van der Waals surface area contributed by atoms with Crippen molar-refractivity contribution in [3.05, 3.63) is 21.9 Å². The molecule has 16 heavy (non-hydrogen) atoms. The van der Waals surface area contributed by atoms with Gasteiger partial charge >= 0.3 is 0 Å². The summed E-state index contributed by atoms with van der Waals surface area (Å²) in [5.74, 6) is 0.0500. The monoisotopic (exact) mass is 239 g/mol. The Balaban J connectivity index is 2.03. The molecule has 2 N–H and O–H groups in total. The van der Waals surface area contributed by atoms with Gasteiger partial charge in [0, 0.05) is 11.4 Å². The fourth-order valence-corrected chi connectivity index (χ4v) is 3.12. The van der Waals surface area contributed by atoms with Crippen LogP contribution in [-0.2, 0) is 11.2 Å². The number of nitrogens with one attached hydrogen (secondary N) is 1. The molecule has 2 unspecified atom stereocenters. The zero-order chi connectivity index (χ0) is 11.5. The highest BCUT2D eigenvalue weighted by atomic mass is 32.1. The van der Waals surface area contributed by atoms with Gasteiger partial charge in [0.2, 0.25) is 5.91 Å². The highest BCUT2D eigenvalue weighted by molar-refractivity contribution is 7.10. The van der Waals surface area contributed by atoms with Crippen molar-refractivity contribution in [2.24, 2.45) is 0 Å². The van der Waals surface area contributed by atoms with Gasteiger partial charge in [0.15, 0.2) is 0 Å². The zero-order valence-electron chi connectivity index (χ0n) is 9.40. The van der Waals surface area contributed by atoms with Gasteiger partial charge in [0.05, 0.1) is 12.0 Å². The summed E-state index contributed by atoms with van der Waals surface area (Å²) in [6, 6.07) is 2.06. The smallest absolute Gasteiger partial charge is 0.227 e. The van der Waals surface area contributed by atoms with Crippen molar-refractivity contribution in [1.82, 2.24) is 5.32 Å². The Bertz CT molecular complexity index is 373. The van der Waals surface area contributed by atoms with Gasteiger partial charge in [0.1, 0.15) is 0 Å². The fourth-order valence-electron chi connectivity index (χ4n) is 2.13. The van der Waals surface area contributed by atoms with Crippen LogP contribution in [0.25, 0.3) is 0 Å². The van der Waals surface area contributed by atoms with E-state index in [1.54, 1.807) is 18.3 Å². The number of carbonyl (C=O) groups excluding carboxylic acids is 1. The number of fused-ring (bicyclic) bond motifs is 1. The summed E-state index contributed by atoms with van der Waals surface area (Å²) in [6.45, 7) is 2.02. The van der Waals surface area contributed by atoms with Gasteiger partial charge in [-0.15, -0.1) is 11.3 Å². The van der Waals surface area contributed by atoms with Gasteiger partial charge in [-0.2, -0.15) is 0 Å². The molecule has 0 bridgehead atoms. The summed E-state index contributed by atoms with van der Waals surface area (Å²) in [4.78, 5) is 13.3. The van der Waals surface area contributed by atoms with Crippen LogP contribution in [0.4, 0.5) is 0 Å². The van der Waals surface area contributed by atoms with Crippen molar-refractivity contribution < 1.29 is 9.90 Å². The molecule has 1 aromatic rings. The van der Waals surface area contributed by atoms with Crippen LogP contribution in [0.1, 0.15) is 36.1 Å². The molecular formula is C12H17NO2S. The van der Waals surface area contributed by atoms with Gasteiger partial charge in [-0.1, -0.05) is 0 Å². The Hall–Kier alpha value is -0.870. The number of aryl methyl sites for hydroxylation is 1. The van der Waals surface area contributed by atoms with E-state index in [0.29, 0.717) is 6.54 Å². The minimum atomic E-state index is -0.477. The van der Waals surface area contributed by atoms with Crippen molar-refractivity contribution >= 4 is 17.2 Å². The number of amides is 1. The number of rotatable bonds is 3. The molecule has 0 saturated carbocycles. The van der Waals surface area contributed by atoms with Crippen molar-refractivity contribution in [1.29, 1.82) is 0 Å². The van der Waals surface area contributed by atoms with E-state index in [2.05, 4.69) is 16.8 Å². The van der Waals surface area contributed by atoms with Crippen molar-refractivity contribution in [2.45, 2.75) is 38.2 Å². The Kier molecular flexibility index (Phi) is 3.61. The maximum Gasteiger partial charge on any atom is 0.227 e. The van der Waals surface area contributed by atoms with Gasteiger partial charge in [0.25, 0.3) is 0 Å². The van der Waals surface area contributed by atoms with Crippen molar-refractivity contribution in [3.8, 4) is 0 Å². The Morgan fingerprint density at radius 2 is 2.56 bits per heavy atom. The van der Waals surface area contributed by atoms with Crippen molar-refractivity contribution in [3.63, 3.8) is 0 Å². The van der Waals surface area contributed by atoms with E-state index in [1.807, 2.05) is 0 Å². The second kappa shape index (κ2) is 4.97. The average Bonchev–Trinajstić information content (AvgIpc) is 2.73. The molecule has 0 saturated heterocycles. The van der Waals surface area contributed by atoms with Crippen LogP contribution >= 0.6 is 11.3 Å². The SMILES string of the molecule is CC(O)CNC(=O)C1CCCc2sccc21. The molecule has 3 nitrogen and oxygen atoms in total. The van der Waals surface area contributed by atoms with E-state index in [1.165, 1.54) is 10.4 Å². The lowest BCUT2D eigenvalue weighted by Gasteiger charge is -2.22. The second-order valence-electron chi connectivity index (χ2n) is 4.34. The van der Waals surface area contributed by atoms with E-state index in [4.69, 9.17) is 5.11 Å². The van der Waals surface area contributed by atoms with Crippen LogP contribution in [0.2, 0.25) is 0 Å². The van der Waals surface area contributed by atoms with E-state index in [-0.39, 0.29) is 11.8 Å². The quantitative estimate of drug-likeness (QED) is 0.843. The minimum Gasteiger partial charge on any atom is -0.392 e. The van der Waals surface area contributed by atoms with Crippen LogP contribution < -0.4 is 5.32 Å². The summed E-state index contributed by atoms with van der Waals surface area (Å²) in [5.41, 5.74) is 1.19. The van der Waals surface area contributed by atoms with Crippen LogP contribution in [0.15, 0.2) is 11.4 Å². The number of carbonyl (C=O) groups is 1. The van der Waals surface area contributed by atoms with E-state index < -0.39 is 6.10 Å². The maximum absolute atomic E-state index is 11.9. The number of aliphatic hydroxyl groups excluding tert-OH is 1. The average molecular weight is 239 g/mol. The largest absolute Gasteiger partial charge is 0.392 e. The molecule has 1 aromatic heterocycles. The highest BCUT2D eigenvalue weighted by Gasteiger charge is 2.26. The van der Waals surface area contributed by atoms with E-state index in [0.717, 1.165) is 19.3 Å². The first-order valence-corrected chi connectivity index (χ1v) is 6.58. The topological polar surface area (TPSA) is 49.3 Å². The summed E-state index contributed by atoms with van der Waals surface area (Å²) in [6.07, 6.45) is 2.64. The van der Waals surface area contributed by atoms with Crippen LogP contribution in [0.3, 0.4) is 0 Å². The Morgan fingerprint density at radius 1 is 1.75 bits per heavy atom. The summed E-state index contributed by atoms with van der Waals surface area (Å²) in [5, 5.41) is 14.0. The summed E-state index contributed by atoms with van der Waals surface area (Å²) < 4.78 is 0. The zero-order valence-corrected chi connectivity index (χ0v) is 10.2. The first-order chi connectivity index (χ1) is 7.68. The standard InChI is InChI=1S/C12H17NO2S/c1-8(14)7-13-12(15)10-3-2-4-11-9(10)5-6-16-11/h5-6,8,10,14H,2-4,7H2,1H3,(H,13,15). The minimum absolute atomic E-state index is 0.00579. The third-order valence-corrected chi connectivity index (χ3v) is 3.94. The first-order valence-electron chi connectivity index (χ1n) is 5.70. The molecule has 1 heterocycles.